The minimum Gasteiger partial charge on any atom is -0.454 e. The Bertz CT molecular complexity index is 1360. The lowest BCUT2D eigenvalue weighted by atomic mass is 10.2. The molecule has 5 aromatic rings. The maximum Gasteiger partial charge on any atom is 0.349 e. The first-order valence-corrected chi connectivity index (χ1v) is 9.34. The van der Waals surface area contributed by atoms with Gasteiger partial charge in [0.25, 0.3) is 5.91 Å². The molecule has 0 spiro atoms. The first-order chi connectivity index (χ1) is 13.7. The number of furan rings is 1. The van der Waals surface area contributed by atoms with Gasteiger partial charge in [-0.25, -0.2) is 9.78 Å². The van der Waals surface area contributed by atoms with Gasteiger partial charge >= 0.3 is 5.63 Å². The molecule has 6 nitrogen and oxygen atoms in total. The van der Waals surface area contributed by atoms with E-state index in [4.69, 9.17) is 8.83 Å². The summed E-state index contributed by atoms with van der Waals surface area (Å²) in [5.74, 6) is 0.0492. The number of aromatic nitrogens is 1. The van der Waals surface area contributed by atoms with E-state index in [0.29, 0.717) is 27.6 Å². The van der Waals surface area contributed by atoms with Crippen LogP contribution in [0.1, 0.15) is 10.4 Å². The predicted molar refractivity (Wildman–Crippen MR) is 108 cm³/mol. The number of rotatable bonds is 3. The fourth-order valence-corrected chi connectivity index (χ4v) is 3.63. The summed E-state index contributed by atoms with van der Waals surface area (Å²) in [6.45, 7) is 0. The molecule has 1 N–H and O–H groups in total. The van der Waals surface area contributed by atoms with Crippen molar-refractivity contribution in [2.45, 2.75) is 0 Å². The number of hydrogen-bond donors (Lipinski definition) is 1. The quantitative estimate of drug-likeness (QED) is 0.444. The zero-order valence-corrected chi connectivity index (χ0v) is 15.2. The highest BCUT2D eigenvalue weighted by Crippen LogP contribution is 2.30. The SMILES string of the molecule is O=C(Nc1nc(-c2cc3ccccc3o2)cs1)c1cc2ccccc2oc1=O. The van der Waals surface area contributed by atoms with Crippen LogP contribution >= 0.6 is 11.3 Å². The molecule has 5 rings (SSSR count). The number of benzene rings is 2. The molecule has 0 bridgehead atoms. The smallest absolute Gasteiger partial charge is 0.349 e. The third-order valence-electron chi connectivity index (χ3n) is 4.29. The molecule has 136 valence electrons. The Hall–Kier alpha value is -3.71. The van der Waals surface area contributed by atoms with E-state index >= 15 is 0 Å². The molecule has 0 saturated carbocycles. The van der Waals surface area contributed by atoms with E-state index in [2.05, 4.69) is 10.3 Å². The van der Waals surface area contributed by atoms with E-state index in [9.17, 15) is 9.59 Å². The Kier molecular flexibility index (Phi) is 3.80. The zero-order chi connectivity index (χ0) is 19.1. The number of para-hydroxylation sites is 2. The normalized spacial score (nSPS) is 11.1. The number of carbonyl (C=O) groups excluding carboxylic acids is 1. The van der Waals surface area contributed by atoms with Crippen LogP contribution in [0.15, 0.2) is 79.7 Å². The summed E-state index contributed by atoms with van der Waals surface area (Å²) in [5.41, 5.74) is 1.06. The largest absolute Gasteiger partial charge is 0.454 e. The van der Waals surface area contributed by atoms with Crippen LogP contribution in [-0.4, -0.2) is 10.9 Å². The number of nitrogens with zero attached hydrogens (tertiary/aromatic N) is 1. The number of thiazole rings is 1. The number of anilines is 1. The zero-order valence-electron chi connectivity index (χ0n) is 14.3. The predicted octanol–water partition coefficient (Wildman–Crippen LogP) is 4.92. The minimum absolute atomic E-state index is 0.0702. The van der Waals surface area contributed by atoms with Gasteiger partial charge in [0.1, 0.15) is 22.4 Å². The average molecular weight is 388 g/mol. The standard InChI is InChI=1S/C21H12N2O4S/c24-19(14-9-12-5-1-4-8-17(12)27-20(14)25)23-21-22-15(11-28-21)18-10-13-6-2-3-7-16(13)26-18/h1-11H,(H,22,23,24). The summed E-state index contributed by atoms with van der Waals surface area (Å²) in [4.78, 5) is 29.1. The van der Waals surface area contributed by atoms with E-state index in [1.807, 2.05) is 36.4 Å². The van der Waals surface area contributed by atoms with Crippen molar-refractivity contribution in [1.29, 1.82) is 0 Å². The van der Waals surface area contributed by atoms with Crippen LogP contribution in [0.3, 0.4) is 0 Å². The summed E-state index contributed by atoms with van der Waals surface area (Å²) >= 11 is 1.25. The van der Waals surface area contributed by atoms with E-state index in [1.165, 1.54) is 17.4 Å². The molecule has 1 amide bonds. The summed E-state index contributed by atoms with van der Waals surface area (Å²) in [7, 11) is 0. The van der Waals surface area contributed by atoms with Gasteiger partial charge in [0.15, 0.2) is 10.9 Å². The van der Waals surface area contributed by atoms with E-state index < -0.39 is 11.5 Å². The molecule has 3 aromatic heterocycles. The highest BCUT2D eigenvalue weighted by atomic mass is 32.1. The number of nitrogens with one attached hydrogen (secondary N) is 1. The summed E-state index contributed by atoms with van der Waals surface area (Å²) < 4.78 is 11.0. The van der Waals surface area contributed by atoms with E-state index in [0.717, 1.165) is 11.0 Å². The molecular formula is C21H12N2O4S. The Morgan fingerprint density at radius 2 is 1.61 bits per heavy atom. The third kappa shape index (κ3) is 2.87. The monoisotopic (exact) mass is 388 g/mol. The lowest BCUT2D eigenvalue weighted by molar-refractivity contribution is 0.102. The molecule has 0 aliphatic heterocycles. The number of amides is 1. The van der Waals surface area contributed by atoms with Crippen molar-refractivity contribution in [2.24, 2.45) is 0 Å². The van der Waals surface area contributed by atoms with Gasteiger partial charge < -0.3 is 8.83 Å². The van der Waals surface area contributed by atoms with Gasteiger partial charge in [0, 0.05) is 16.2 Å². The van der Waals surface area contributed by atoms with Crippen LogP contribution in [0.5, 0.6) is 0 Å². The second kappa shape index (κ2) is 6.47. The van der Waals surface area contributed by atoms with Gasteiger partial charge in [-0.15, -0.1) is 11.3 Å². The van der Waals surface area contributed by atoms with Gasteiger partial charge in [0.2, 0.25) is 0 Å². The number of hydrogen-bond acceptors (Lipinski definition) is 6. The fourth-order valence-electron chi connectivity index (χ4n) is 2.94. The third-order valence-corrected chi connectivity index (χ3v) is 5.05. The molecule has 0 aliphatic rings. The first-order valence-electron chi connectivity index (χ1n) is 8.46. The lowest BCUT2D eigenvalue weighted by Gasteiger charge is -2.02. The van der Waals surface area contributed by atoms with Crippen molar-refractivity contribution >= 4 is 44.3 Å². The van der Waals surface area contributed by atoms with Crippen molar-refractivity contribution in [3.05, 3.63) is 82.0 Å². The molecule has 7 heteroatoms. The van der Waals surface area contributed by atoms with Crippen LogP contribution < -0.4 is 10.9 Å². The molecule has 0 aliphatic carbocycles. The minimum atomic E-state index is -0.690. The van der Waals surface area contributed by atoms with Gasteiger partial charge in [-0.2, -0.15) is 0 Å². The van der Waals surface area contributed by atoms with Crippen molar-refractivity contribution in [2.75, 3.05) is 5.32 Å². The van der Waals surface area contributed by atoms with Crippen LogP contribution in [0.2, 0.25) is 0 Å². The molecule has 28 heavy (non-hydrogen) atoms. The van der Waals surface area contributed by atoms with Crippen molar-refractivity contribution in [1.82, 2.24) is 4.98 Å². The molecule has 0 atom stereocenters. The van der Waals surface area contributed by atoms with Crippen LogP contribution in [-0.2, 0) is 0 Å². The maximum atomic E-state index is 12.5. The highest BCUT2D eigenvalue weighted by molar-refractivity contribution is 7.14. The topological polar surface area (TPSA) is 85.3 Å². The van der Waals surface area contributed by atoms with Crippen LogP contribution in [0.25, 0.3) is 33.4 Å². The maximum absolute atomic E-state index is 12.5. The van der Waals surface area contributed by atoms with Gasteiger partial charge in [-0.1, -0.05) is 36.4 Å². The Morgan fingerprint density at radius 1 is 0.929 bits per heavy atom. The Morgan fingerprint density at radius 3 is 2.36 bits per heavy atom. The molecule has 0 fully saturated rings. The second-order valence-electron chi connectivity index (χ2n) is 6.13. The highest BCUT2D eigenvalue weighted by Gasteiger charge is 2.16. The van der Waals surface area contributed by atoms with Crippen LogP contribution in [0.4, 0.5) is 5.13 Å². The van der Waals surface area contributed by atoms with Crippen molar-refractivity contribution < 1.29 is 13.6 Å². The van der Waals surface area contributed by atoms with Crippen molar-refractivity contribution in [3.63, 3.8) is 0 Å². The number of fused-ring (bicyclic) bond motifs is 2. The van der Waals surface area contributed by atoms with E-state index in [1.54, 1.807) is 23.6 Å². The molecule has 3 heterocycles. The van der Waals surface area contributed by atoms with Crippen molar-refractivity contribution in [3.8, 4) is 11.5 Å². The van der Waals surface area contributed by atoms with E-state index in [-0.39, 0.29) is 5.56 Å². The average Bonchev–Trinajstić information content (AvgIpc) is 3.34. The van der Waals surface area contributed by atoms with Gasteiger partial charge in [-0.05, 0) is 24.3 Å². The summed E-state index contributed by atoms with van der Waals surface area (Å²) in [5, 5.41) is 6.46. The second-order valence-corrected chi connectivity index (χ2v) is 6.98. The molecular weight excluding hydrogens is 376 g/mol. The Labute approximate surface area is 162 Å². The number of carbonyl (C=O) groups is 1. The lowest BCUT2D eigenvalue weighted by Crippen LogP contribution is -2.20. The molecule has 0 radical (unpaired) electrons. The van der Waals surface area contributed by atoms with Gasteiger partial charge in [0.05, 0.1) is 0 Å². The van der Waals surface area contributed by atoms with Gasteiger partial charge in [-0.3, -0.25) is 10.1 Å². The Balaban J connectivity index is 1.43. The molecule has 0 saturated heterocycles. The molecule has 2 aromatic carbocycles. The summed E-state index contributed by atoms with van der Waals surface area (Å²) in [6.07, 6.45) is 0. The summed E-state index contributed by atoms with van der Waals surface area (Å²) in [6, 6.07) is 18.1. The van der Waals surface area contributed by atoms with Crippen LogP contribution in [0, 0.1) is 0 Å². The molecule has 0 unspecified atom stereocenters. The fraction of sp³-hybridized carbons (Fsp3) is 0. The first kappa shape index (κ1) is 16.5.